The molecular formula is C22H27N3O5S. The number of ether oxygens (including phenoxy) is 1. The minimum atomic E-state index is -3.70. The highest BCUT2D eigenvalue weighted by molar-refractivity contribution is 7.92. The summed E-state index contributed by atoms with van der Waals surface area (Å²) < 4.78 is 31.2. The molecule has 2 aromatic carbocycles. The molecule has 1 heterocycles. The number of nitrogens with one attached hydrogen (secondary N) is 1. The number of benzene rings is 2. The van der Waals surface area contributed by atoms with E-state index in [0.29, 0.717) is 43.2 Å². The minimum absolute atomic E-state index is 0.200. The van der Waals surface area contributed by atoms with Crippen LogP contribution in [0.1, 0.15) is 21.5 Å². The molecule has 0 saturated carbocycles. The van der Waals surface area contributed by atoms with Crippen molar-refractivity contribution in [2.24, 2.45) is 0 Å². The summed E-state index contributed by atoms with van der Waals surface area (Å²) in [4.78, 5) is 27.4. The fourth-order valence-corrected chi connectivity index (χ4v) is 4.31. The molecule has 1 aliphatic heterocycles. The van der Waals surface area contributed by atoms with Gasteiger partial charge in [0, 0.05) is 13.1 Å². The Morgan fingerprint density at radius 2 is 1.77 bits per heavy atom. The van der Waals surface area contributed by atoms with Crippen LogP contribution in [0.2, 0.25) is 0 Å². The number of para-hydroxylation sites is 1. The molecule has 0 unspecified atom stereocenters. The molecule has 9 heteroatoms. The molecule has 0 aromatic heterocycles. The number of rotatable bonds is 6. The molecule has 0 bridgehead atoms. The van der Waals surface area contributed by atoms with Gasteiger partial charge in [-0.15, -0.1) is 0 Å². The van der Waals surface area contributed by atoms with Crippen molar-refractivity contribution in [2.45, 2.75) is 13.8 Å². The maximum atomic E-state index is 12.9. The maximum absolute atomic E-state index is 12.9. The molecule has 31 heavy (non-hydrogen) atoms. The first-order valence-corrected chi connectivity index (χ1v) is 11.8. The van der Waals surface area contributed by atoms with E-state index in [1.165, 1.54) is 0 Å². The van der Waals surface area contributed by atoms with Gasteiger partial charge in [0.15, 0.2) is 0 Å². The van der Waals surface area contributed by atoms with Crippen molar-refractivity contribution in [1.29, 1.82) is 0 Å². The lowest BCUT2D eigenvalue weighted by Gasteiger charge is -2.28. The van der Waals surface area contributed by atoms with Crippen LogP contribution in [0.15, 0.2) is 42.5 Å². The van der Waals surface area contributed by atoms with Gasteiger partial charge in [0.2, 0.25) is 15.9 Å². The van der Waals surface area contributed by atoms with E-state index in [9.17, 15) is 18.0 Å². The second-order valence-corrected chi connectivity index (χ2v) is 9.46. The van der Waals surface area contributed by atoms with Gasteiger partial charge in [-0.2, -0.15) is 0 Å². The summed E-state index contributed by atoms with van der Waals surface area (Å²) in [6.07, 6.45) is 1.07. The monoisotopic (exact) mass is 445 g/mol. The molecule has 1 aliphatic rings. The zero-order chi connectivity index (χ0) is 22.6. The highest BCUT2D eigenvalue weighted by Crippen LogP contribution is 2.24. The van der Waals surface area contributed by atoms with E-state index in [4.69, 9.17) is 4.74 Å². The van der Waals surface area contributed by atoms with Crippen LogP contribution in [-0.4, -0.2) is 64.2 Å². The molecule has 1 saturated heterocycles. The van der Waals surface area contributed by atoms with Crippen molar-refractivity contribution in [3.63, 3.8) is 0 Å². The predicted octanol–water partition coefficient (Wildman–Crippen LogP) is 2.18. The third-order valence-corrected chi connectivity index (χ3v) is 6.18. The smallest absolute Gasteiger partial charge is 0.256 e. The molecule has 1 N–H and O–H groups in total. The van der Waals surface area contributed by atoms with E-state index in [0.717, 1.165) is 21.7 Å². The number of nitrogens with zero attached hydrogens (tertiary/aromatic N) is 2. The SMILES string of the molecule is Cc1ccc(C)c(N(CC(=O)Nc2ccccc2C(=O)N2CCOCC2)S(C)(=O)=O)c1. The second kappa shape index (κ2) is 9.49. The van der Waals surface area contributed by atoms with Gasteiger partial charge in [0.25, 0.3) is 5.91 Å². The summed E-state index contributed by atoms with van der Waals surface area (Å²) in [5.74, 6) is -0.734. The molecule has 8 nitrogen and oxygen atoms in total. The van der Waals surface area contributed by atoms with Crippen LogP contribution >= 0.6 is 0 Å². The zero-order valence-corrected chi connectivity index (χ0v) is 18.7. The average molecular weight is 446 g/mol. The van der Waals surface area contributed by atoms with Gasteiger partial charge in [0.1, 0.15) is 6.54 Å². The molecule has 2 aromatic rings. The Balaban J connectivity index is 1.82. The third kappa shape index (κ3) is 5.62. The molecule has 0 aliphatic carbocycles. The number of amides is 2. The van der Waals surface area contributed by atoms with Crippen molar-refractivity contribution in [3.8, 4) is 0 Å². The Hall–Kier alpha value is -2.91. The van der Waals surface area contributed by atoms with Crippen molar-refractivity contribution in [1.82, 2.24) is 4.90 Å². The first-order chi connectivity index (χ1) is 14.7. The lowest BCUT2D eigenvalue weighted by atomic mass is 10.1. The number of carbonyl (C=O) groups is 2. The Kier molecular flexibility index (Phi) is 6.97. The van der Waals surface area contributed by atoms with Crippen molar-refractivity contribution < 1.29 is 22.7 Å². The number of aryl methyl sites for hydroxylation is 2. The molecule has 0 radical (unpaired) electrons. The van der Waals surface area contributed by atoms with Gasteiger partial charge in [-0.1, -0.05) is 24.3 Å². The second-order valence-electron chi connectivity index (χ2n) is 7.56. The lowest BCUT2D eigenvalue weighted by molar-refractivity contribution is -0.114. The summed E-state index contributed by atoms with van der Waals surface area (Å²) in [5, 5.41) is 2.71. The molecule has 166 valence electrons. The van der Waals surface area contributed by atoms with E-state index >= 15 is 0 Å². The van der Waals surface area contributed by atoms with E-state index < -0.39 is 22.5 Å². The molecule has 1 fully saturated rings. The highest BCUT2D eigenvalue weighted by atomic mass is 32.2. The molecule has 2 amide bonds. The van der Waals surface area contributed by atoms with Crippen LogP contribution in [0.5, 0.6) is 0 Å². The Morgan fingerprint density at radius 3 is 2.45 bits per heavy atom. The van der Waals surface area contributed by atoms with Crippen LogP contribution in [-0.2, 0) is 19.6 Å². The van der Waals surface area contributed by atoms with Gasteiger partial charge >= 0.3 is 0 Å². The molecule has 0 spiro atoms. The summed E-state index contributed by atoms with van der Waals surface area (Å²) in [6.45, 7) is 5.16. The number of hydrogen-bond donors (Lipinski definition) is 1. The van der Waals surface area contributed by atoms with Crippen molar-refractivity contribution in [3.05, 3.63) is 59.2 Å². The number of carbonyl (C=O) groups excluding carboxylic acids is 2. The Labute approximate surface area is 182 Å². The summed E-state index contributed by atoms with van der Waals surface area (Å²) in [6, 6.07) is 12.1. The number of anilines is 2. The molecular weight excluding hydrogens is 418 g/mol. The van der Waals surface area contributed by atoms with Crippen molar-refractivity contribution >= 4 is 33.2 Å². The maximum Gasteiger partial charge on any atom is 0.256 e. The van der Waals surface area contributed by atoms with Gasteiger partial charge < -0.3 is 15.0 Å². The normalized spacial score (nSPS) is 14.2. The fourth-order valence-electron chi connectivity index (χ4n) is 3.40. The zero-order valence-electron chi connectivity index (χ0n) is 17.9. The Morgan fingerprint density at radius 1 is 1.10 bits per heavy atom. The Bertz CT molecular complexity index is 1080. The summed E-state index contributed by atoms with van der Waals surface area (Å²) >= 11 is 0. The number of morpholine rings is 1. The van der Waals surface area contributed by atoms with E-state index in [1.54, 1.807) is 42.2 Å². The quantitative estimate of drug-likeness (QED) is 0.735. The lowest BCUT2D eigenvalue weighted by Crippen LogP contribution is -2.41. The van der Waals surface area contributed by atoms with E-state index in [2.05, 4.69) is 5.32 Å². The van der Waals surface area contributed by atoms with Crippen LogP contribution in [0.25, 0.3) is 0 Å². The van der Waals surface area contributed by atoms with E-state index in [1.807, 2.05) is 19.1 Å². The van der Waals surface area contributed by atoms with Crippen LogP contribution in [0.4, 0.5) is 11.4 Å². The van der Waals surface area contributed by atoms with Gasteiger partial charge in [0.05, 0.1) is 36.4 Å². The largest absolute Gasteiger partial charge is 0.378 e. The van der Waals surface area contributed by atoms with Crippen molar-refractivity contribution in [2.75, 3.05) is 48.7 Å². The predicted molar refractivity (Wildman–Crippen MR) is 120 cm³/mol. The molecule has 3 rings (SSSR count). The fraction of sp³-hybridized carbons (Fsp3) is 0.364. The number of hydrogen-bond acceptors (Lipinski definition) is 5. The van der Waals surface area contributed by atoms with Gasteiger partial charge in [-0.25, -0.2) is 8.42 Å². The van der Waals surface area contributed by atoms with Crippen LogP contribution < -0.4 is 9.62 Å². The molecule has 0 atom stereocenters. The average Bonchev–Trinajstić information content (AvgIpc) is 2.74. The van der Waals surface area contributed by atoms with Crippen LogP contribution in [0.3, 0.4) is 0 Å². The van der Waals surface area contributed by atoms with E-state index in [-0.39, 0.29) is 5.91 Å². The summed E-state index contributed by atoms with van der Waals surface area (Å²) in [7, 11) is -3.70. The van der Waals surface area contributed by atoms with Gasteiger partial charge in [-0.05, 0) is 43.2 Å². The van der Waals surface area contributed by atoms with Crippen LogP contribution in [0, 0.1) is 13.8 Å². The highest BCUT2D eigenvalue weighted by Gasteiger charge is 2.25. The topological polar surface area (TPSA) is 96.0 Å². The summed E-state index contributed by atoms with van der Waals surface area (Å²) in [5.41, 5.74) is 2.78. The standard InChI is InChI=1S/C22H27N3O5S/c1-16-8-9-17(2)20(14-16)25(31(3,28)29)15-21(26)23-19-7-5-4-6-18(19)22(27)24-10-12-30-13-11-24/h4-9,14H,10-13,15H2,1-3H3,(H,23,26). The number of sulfonamides is 1. The first-order valence-electron chi connectivity index (χ1n) is 9.97. The third-order valence-electron chi connectivity index (χ3n) is 5.05. The minimum Gasteiger partial charge on any atom is -0.378 e. The van der Waals surface area contributed by atoms with Gasteiger partial charge in [-0.3, -0.25) is 13.9 Å². The first kappa shape index (κ1) is 22.8.